The van der Waals surface area contributed by atoms with Gasteiger partial charge in [0.25, 0.3) is 0 Å². The van der Waals surface area contributed by atoms with E-state index in [-0.39, 0.29) is 0 Å². The molecule has 1 atom stereocenters. The van der Waals surface area contributed by atoms with Gasteiger partial charge in [-0.25, -0.2) is 0 Å². The molecule has 20 heavy (non-hydrogen) atoms. The minimum absolute atomic E-state index is 0.430. The van der Waals surface area contributed by atoms with Crippen LogP contribution in [0, 0.1) is 6.92 Å². The summed E-state index contributed by atoms with van der Waals surface area (Å²) in [7, 11) is 0. The van der Waals surface area contributed by atoms with Crippen molar-refractivity contribution in [2.75, 3.05) is 18.9 Å². The Morgan fingerprint density at radius 1 is 1.35 bits per heavy atom. The van der Waals surface area contributed by atoms with E-state index < -0.39 is 0 Å². The third-order valence-corrected chi connectivity index (χ3v) is 4.82. The lowest BCUT2D eigenvalue weighted by Gasteiger charge is -2.24. The maximum absolute atomic E-state index is 5.51. The molecule has 110 valence electrons. The molecule has 1 aliphatic heterocycles. The van der Waals surface area contributed by atoms with Crippen LogP contribution in [0.25, 0.3) is 0 Å². The zero-order chi connectivity index (χ0) is 14.2. The first-order valence-corrected chi connectivity index (χ1v) is 8.52. The Hall–Kier alpha value is -0.930. The quantitative estimate of drug-likeness (QED) is 0.763. The van der Waals surface area contributed by atoms with E-state index in [1.165, 1.54) is 22.5 Å². The molecule has 0 aromatic heterocycles. The summed E-state index contributed by atoms with van der Waals surface area (Å²) >= 11 is 1.94. The second-order valence-corrected chi connectivity index (χ2v) is 6.31. The number of nitrogens with one attached hydrogen (secondary N) is 1. The van der Waals surface area contributed by atoms with Crippen molar-refractivity contribution in [2.45, 2.75) is 44.0 Å². The standard InChI is InChI=1S/C17H25NOS/c1-3-10-18-16(15-8-6-11-19-12-15)13-20-17-9-5-4-7-14(17)2/h4-5,7,9,12,16,18H,3,6,8,10-11,13H2,1-2H3. The Morgan fingerprint density at radius 2 is 2.20 bits per heavy atom. The minimum atomic E-state index is 0.430. The zero-order valence-corrected chi connectivity index (χ0v) is 13.3. The van der Waals surface area contributed by atoms with Crippen molar-refractivity contribution in [1.82, 2.24) is 5.32 Å². The second-order valence-electron chi connectivity index (χ2n) is 5.25. The Kier molecular flexibility index (Phi) is 6.48. The molecule has 2 rings (SSSR count). The van der Waals surface area contributed by atoms with E-state index in [0.717, 1.165) is 31.7 Å². The SMILES string of the molecule is CCCNC(CSc1ccccc1C)C1=COCCC1. The van der Waals surface area contributed by atoms with Gasteiger partial charge in [-0.15, -0.1) is 11.8 Å². The summed E-state index contributed by atoms with van der Waals surface area (Å²) in [5, 5.41) is 3.66. The summed E-state index contributed by atoms with van der Waals surface area (Å²) < 4.78 is 5.51. The van der Waals surface area contributed by atoms with Gasteiger partial charge in [-0.1, -0.05) is 25.1 Å². The fraction of sp³-hybridized carbons (Fsp3) is 0.529. The van der Waals surface area contributed by atoms with Gasteiger partial charge in [0, 0.05) is 16.7 Å². The lowest BCUT2D eigenvalue weighted by Crippen LogP contribution is -2.34. The second kappa shape index (κ2) is 8.38. The van der Waals surface area contributed by atoms with E-state index in [1.54, 1.807) is 0 Å². The lowest BCUT2D eigenvalue weighted by atomic mass is 10.0. The summed E-state index contributed by atoms with van der Waals surface area (Å²) in [6.45, 7) is 6.33. The van der Waals surface area contributed by atoms with Gasteiger partial charge in [-0.3, -0.25) is 0 Å². The first-order valence-electron chi connectivity index (χ1n) is 7.53. The van der Waals surface area contributed by atoms with E-state index >= 15 is 0 Å². The van der Waals surface area contributed by atoms with Crippen LogP contribution in [0.1, 0.15) is 31.7 Å². The van der Waals surface area contributed by atoms with Crippen molar-refractivity contribution in [1.29, 1.82) is 0 Å². The third-order valence-electron chi connectivity index (χ3n) is 3.55. The molecule has 0 aliphatic carbocycles. The van der Waals surface area contributed by atoms with E-state index in [1.807, 2.05) is 18.0 Å². The van der Waals surface area contributed by atoms with Gasteiger partial charge in [0.15, 0.2) is 0 Å². The number of rotatable bonds is 7. The first-order chi connectivity index (χ1) is 9.81. The van der Waals surface area contributed by atoms with Gasteiger partial charge in [0.1, 0.15) is 0 Å². The molecule has 0 saturated carbocycles. The van der Waals surface area contributed by atoms with Crippen LogP contribution in [-0.2, 0) is 4.74 Å². The van der Waals surface area contributed by atoms with Crippen LogP contribution in [-0.4, -0.2) is 24.9 Å². The van der Waals surface area contributed by atoms with Crippen molar-refractivity contribution in [3.05, 3.63) is 41.7 Å². The Balaban J connectivity index is 1.96. The fourth-order valence-corrected chi connectivity index (χ4v) is 3.50. The molecule has 1 aliphatic rings. The van der Waals surface area contributed by atoms with Gasteiger partial charge in [-0.05, 0) is 49.9 Å². The van der Waals surface area contributed by atoms with E-state index in [9.17, 15) is 0 Å². The van der Waals surface area contributed by atoms with Crippen LogP contribution >= 0.6 is 11.8 Å². The molecular formula is C17H25NOS. The van der Waals surface area contributed by atoms with E-state index in [4.69, 9.17) is 4.74 Å². The van der Waals surface area contributed by atoms with Crippen LogP contribution in [0.5, 0.6) is 0 Å². The Morgan fingerprint density at radius 3 is 2.90 bits per heavy atom. The van der Waals surface area contributed by atoms with Crippen LogP contribution < -0.4 is 5.32 Å². The average molecular weight is 291 g/mol. The lowest BCUT2D eigenvalue weighted by molar-refractivity contribution is 0.220. The zero-order valence-electron chi connectivity index (χ0n) is 12.5. The predicted molar refractivity (Wildman–Crippen MR) is 87.3 cm³/mol. The molecule has 1 aromatic rings. The topological polar surface area (TPSA) is 21.3 Å². The highest BCUT2D eigenvalue weighted by atomic mass is 32.2. The summed E-state index contributed by atoms with van der Waals surface area (Å²) in [5.41, 5.74) is 2.78. The van der Waals surface area contributed by atoms with Crippen molar-refractivity contribution in [2.24, 2.45) is 0 Å². The summed E-state index contributed by atoms with van der Waals surface area (Å²) in [4.78, 5) is 1.38. The van der Waals surface area contributed by atoms with Gasteiger partial charge >= 0.3 is 0 Å². The third kappa shape index (κ3) is 4.57. The number of hydrogen-bond acceptors (Lipinski definition) is 3. The van der Waals surface area contributed by atoms with Crippen molar-refractivity contribution >= 4 is 11.8 Å². The van der Waals surface area contributed by atoms with Crippen molar-refractivity contribution in [3.63, 3.8) is 0 Å². The molecular weight excluding hydrogens is 266 g/mol. The molecule has 2 nitrogen and oxygen atoms in total. The van der Waals surface area contributed by atoms with E-state index in [2.05, 4.69) is 43.4 Å². The van der Waals surface area contributed by atoms with Gasteiger partial charge in [0.05, 0.1) is 12.9 Å². The molecule has 0 radical (unpaired) electrons. The molecule has 0 amide bonds. The molecule has 1 aromatic carbocycles. The van der Waals surface area contributed by atoms with Crippen LogP contribution in [0.2, 0.25) is 0 Å². The summed E-state index contributed by atoms with van der Waals surface area (Å²) in [6, 6.07) is 9.04. The molecule has 0 bridgehead atoms. The molecule has 1 N–H and O–H groups in total. The van der Waals surface area contributed by atoms with Crippen molar-refractivity contribution in [3.8, 4) is 0 Å². The largest absolute Gasteiger partial charge is 0.501 e. The maximum atomic E-state index is 5.51. The number of ether oxygens (including phenoxy) is 1. The molecule has 3 heteroatoms. The monoisotopic (exact) mass is 291 g/mol. The van der Waals surface area contributed by atoms with Gasteiger partial charge in [-0.2, -0.15) is 0 Å². The molecule has 1 unspecified atom stereocenters. The highest BCUT2D eigenvalue weighted by Crippen LogP contribution is 2.26. The highest BCUT2D eigenvalue weighted by molar-refractivity contribution is 7.99. The first kappa shape index (κ1) is 15.5. The highest BCUT2D eigenvalue weighted by Gasteiger charge is 2.17. The van der Waals surface area contributed by atoms with Crippen LogP contribution in [0.4, 0.5) is 0 Å². The predicted octanol–water partition coefficient (Wildman–Crippen LogP) is 4.15. The Labute approximate surface area is 127 Å². The normalized spacial score (nSPS) is 16.4. The van der Waals surface area contributed by atoms with Gasteiger partial charge in [0.2, 0.25) is 0 Å². The summed E-state index contributed by atoms with van der Waals surface area (Å²) in [6.07, 6.45) is 5.45. The Bertz CT molecular complexity index is 444. The molecule has 0 saturated heterocycles. The minimum Gasteiger partial charge on any atom is -0.501 e. The number of thioether (sulfide) groups is 1. The smallest absolute Gasteiger partial charge is 0.0876 e. The van der Waals surface area contributed by atoms with Crippen molar-refractivity contribution < 1.29 is 4.74 Å². The number of benzene rings is 1. The van der Waals surface area contributed by atoms with Crippen LogP contribution in [0.3, 0.4) is 0 Å². The fourth-order valence-electron chi connectivity index (χ4n) is 2.35. The van der Waals surface area contributed by atoms with E-state index in [0.29, 0.717) is 6.04 Å². The van der Waals surface area contributed by atoms with Crippen LogP contribution in [0.15, 0.2) is 41.0 Å². The summed E-state index contributed by atoms with van der Waals surface area (Å²) in [5.74, 6) is 1.07. The number of aryl methyl sites for hydroxylation is 1. The molecule has 0 spiro atoms. The average Bonchev–Trinajstić information content (AvgIpc) is 2.50. The number of hydrogen-bond donors (Lipinski definition) is 1. The molecule has 1 heterocycles. The maximum Gasteiger partial charge on any atom is 0.0876 e. The van der Waals surface area contributed by atoms with Gasteiger partial charge < -0.3 is 10.1 Å². The molecule has 0 fully saturated rings.